The number of fused-ring (bicyclic) bond motifs is 1. The van der Waals surface area contributed by atoms with Crippen LogP contribution in [0, 0.1) is 0 Å². The molecule has 0 saturated carbocycles. The SMILES string of the molecule is c1ccc(-c2cccc(N(c3ccc(-c4nc5ccccc5nc4-c4ccccc4)cc3)c3ccc(N(c4ccccc4)c4ccccc4)cc3)c2)cc1. The van der Waals surface area contributed by atoms with Crippen molar-refractivity contribution in [3.63, 3.8) is 0 Å². The number of aromatic nitrogens is 2. The van der Waals surface area contributed by atoms with Crippen LogP contribution in [0.5, 0.6) is 0 Å². The Morgan fingerprint density at radius 2 is 0.574 bits per heavy atom. The van der Waals surface area contributed by atoms with Crippen LogP contribution in [0.1, 0.15) is 0 Å². The highest BCUT2D eigenvalue weighted by Gasteiger charge is 2.18. The molecule has 4 nitrogen and oxygen atoms in total. The summed E-state index contributed by atoms with van der Waals surface area (Å²) < 4.78 is 0. The van der Waals surface area contributed by atoms with E-state index >= 15 is 0 Å². The zero-order valence-electron chi connectivity index (χ0n) is 29.6. The van der Waals surface area contributed by atoms with Gasteiger partial charge in [-0.1, -0.05) is 133 Å². The molecule has 0 amide bonds. The lowest BCUT2D eigenvalue weighted by Crippen LogP contribution is -2.12. The van der Waals surface area contributed by atoms with Gasteiger partial charge in [-0.15, -0.1) is 0 Å². The molecule has 54 heavy (non-hydrogen) atoms. The van der Waals surface area contributed by atoms with Crippen LogP contribution in [0.25, 0.3) is 44.7 Å². The minimum atomic E-state index is 0.857. The monoisotopic (exact) mass is 692 g/mol. The maximum absolute atomic E-state index is 5.15. The maximum Gasteiger partial charge on any atom is 0.0973 e. The number of benzene rings is 8. The van der Waals surface area contributed by atoms with Gasteiger partial charge in [0.25, 0.3) is 0 Å². The lowest BCUT2D eigenvalue weighted by Gasteiger charge is -2.28. The van der Waals surface area contributed by atoms with Crippen LogP contribution in [0.3, 0.4) is 0 Å². The molecule has 9 aromatic rings. The van der Waals surface area contributed by atoms with E-state index in [1.165, 1.54) is 5.56 Å². The van der Waals surface area contributed by atoms with E-state index in [0.29, 0.717) is 0 Å². The molecule has 0 fully saturated rings. The van der Waals surface area contributed by atoms with Gasteiger partial charge in [-0.25, -0.2) is 9.97 Å². The van der Waals surface area contributed by atoms with E-state index in [1.807, 2.05) is 42.5 Å². The Labute approximate surface area is 315 Å². The molecule has 0 spiro atoms. The number of hydrogen-bond donors (Lipinski definition) is 0. The van der Waals surface area contributed by atoms with E-state index in [9.17, 15) is 0 Å². The lowest BCUT2D eigenvalue weighted by atomic mass is 10.0. The molecule has 0 aliphatic carbocycles. The first-order valence-electron chi connectivity index (χ1n) is 18.2. The Hall–Kier alpha value is -7.30. The molecule has 4 heteroatoms. The van der Waals surface area contributed by atoms with E-state index in [0.717, 1.165) is 73.2 Å². The van der Waals surface area contributed by atoms with Crippen LogP contribution in [-0.4, -0.2) is 9.97 Å². The fraction of sp³-hybridized carbons (Fsp3) is 0. The zero-order valence-corrected chi connectivity index (χ0v) is 29.6. The Bertz CT molecular complexity index is 2590. The summed E-state index contributed by atoms with van der Waals surface area (Å²) in [6.07, 6.45) is 0. The van der Waals surface area contributed by atoms with Gasteiger partial charge in [0.2, 0.25) is 0 Å². The van der Waals surface area contributed by atoms with Crippen LogP contribution in [0.4, 0.5) is 34.1 Å². The van der Waals surface area contributed by atoms with Crippen molar-refractivity contribution >= 4 is 45.2 Å². The summed E-state index contributed by atoms with van der Waals surface area (Å²) >= 11 is 0. The van der Waals surface area contributed by atoms with Crippen LogP contribution >= 0.6 is 0 Å². The normalized spacial score (nSPS) is 11.0. The zero-order chi connectivity index (χ0) is 36.1. The van der Waals surface area contributed by atoms with Gasteiger partial charge < -0.3 is 9.80 Å². The predicted molar refractivity (Wildman–Crippen MR) is 225 cm³/mol. The number of anilines is 6. The fourth-order valence-corrected chi connectivity index (χ4v) is 7.02. The molecule has 0 radical (unpaired) electrons. The number of para-hydroxylation sites is 4. The molecule has 8 aromatic carbocycles. The van der Waals surface area contributed by atoms with Gasteiger partial charge in [-0.2, -0.15) is 0 Å². The van der Waals surface area contributed by atoms with E-state index < -0.39 is 0 Å². The second-order valence-corrected chi connectivity index (χ2v) is 13.1. The lowest BCUT2D eigenvalue weighted by molar-refractivity contribution is 1.25. The molecule has 9 rings (SSSR count). The molecule has 0 aliphatic rings. The average Bonchev–Trinajstić information content (AvgIpc) is 3.26. The molecule has 0 bridgehead atoms. The minimum Gasteiger partial charge on any atom is -0.311 e. The second kappa shape index (κ2) is 14.7. The molecule has 256 valence electrons. The standard InChI is InChI=1S/C50H36N4/c1-5-16-37(17-6-1)40-20-15-25-46(36-40)54(45-34-32-44(33-35-45)53(41-21-9-3-10-22-41)42-23-11-4-12-24-42)43-30-28-39(29-31-43)50-49(38-18-7-2-8-19-38)51-47-26-13-14-27-48(47)52-50/h1-36H. The topological polar surface area (TPSA) is 32.3 Å². The van der Waals surface area contributed by atoms with E-state index in [2.05, 4.69) is 186 Å². The highest BCUT2D eigenvalue weighted by molar-refractivity contribution is 5.88. The molecule has 0 atom stereocenters. The Morgan fingerprint density at radius 1 is 0.241 bits per heavy atom. The van der Waals surface area contributed by atoms with Gasteiger partial charge in [0.15, 0.2) is 0 Å². The first-order valence-corrected chi connectivity index (χ1v) is 18.2. The van der Waals surface area contributed by atoms with Gasteiger partial charge >= 0.3 is 0 Å². The Morgan fingerprint density at radius 3 is 1.07 bits per heavy atom. The van der Waals surface area contributed by atoms with Crippen molar-refractivity contribution in [1.29, 1.82) is 0 Å². The van der Waals surface area contributed by atoms with Crippen molar-refractivity contribution in [2.24, 2.45) is 0 Å². The van der Waals surface area contributed by atoms with Crippen LogP contribution in [-0.2, 0) is 0 Å². The van der Waals surface area contributed by atoms with Crippen molar-refractivity contribution in [2.75, 3.05) is 9.80 Å². The average molecular weight is 693 g/mol. The summed E-state index contributed by atoms with van der Waals surface area (Å²) in [6, 6.07) is 76.2. The van der Waals surface area contributed by atoms with Crippen LogP contribution in [0.2, 0.25) is 0 Å². The third-order valence-corrected chi connectivity index (χ3v) is 9.62. The Kier molecular flexibility index (Phi) is 8.90. The highest BCUT2D eigenvalue weighted by atomic mass is 15.2. The third kappa shape index (κ3) is 6.60. The quantitative estimate of drug-likeness (QED) is 0.151. The van der Waals surface area contributed by atoms with Crippen LogP contribution < -0.4 is 9.80 Å². The summed E-state index contributed by atoms with van der Waals surface area (Å²) in [6.45, 7) is 0. The molecular formula is C50H36N4. The summed E-state index contributed by atoms with van der Waals surface area (Å²) in [4.78, 5) is 14.9. The third-order valence-electron chi connectivity index (χ3n) is 9.62. The first-order chi connectivity index (χ1) is 26.8. The number of hydrogen-bond acceptors (Lipinski definition) is 4. The van der Waals surface area contributed by atoms with Gasteiger partial charge in [0, 0.05) is 45.3 Å². The van der Waals surface area contributed by atoms with Crippen molar-refractivity contribution in [3.8, 4) is 33.6 Å². The van der Waals surface area contributed by atoms with Gasteiger partial charge in [0.05, 0.1) is 22.4 Å². The molecule has 1 heterocycles. The van der Waals surface area contributed by atoms with Crippen LogP contribution in [0.15, 0.2) is 218 Å². The molecule has 1 aromatic heterocycles. The summed E-state index contributed by atoms with van der Waals surface area (Å²) in [5, 5.41) is 0. The molecular weight excluding hydrogens is 657 g/mol. The second-order valence-electron chi connectivity index (χ2n) is 13.1. The fourth-order valence-electron chi connectivity index (χ4n) is 7.02. The van der Waals surface area contributed by atoms with Gasteiger partial charge in [-0.3, -0.25) is 0 Å². The van der Waals surface area contributed by atoms with E-state index in [-0.39, 0.29) is 0 Å². The van der Waals surface area contributed by atoms with E-state index in [1.54, 1.807) is 0 Å². The minimum absolute atomic E-state index is 0.857. The van der Waals surface area contributed by atoms with Crippen molar-refractivity contribution in [3.05, 3.63) is 218 Å². The number of nitrogens with zero attached hydrogens (tertiary/aromatic N) is 4. The van der Waals surface area contributed by atoms with Gasteiger partial charge in [-0.05, 0) is 96.1 Å². The molecule has 0 saturated heterocycles. The summed E-state index contributed by atoms with van der Waals surface area (Å²) in [5.74, 6) is 0. The van der Waals surface area contributed by atoms with E-state index in [4.69, 9.17) is 9.97 Å². The smallest absolute Gasteiger partial charge is 0.0973 e. The summed E-state index contributed by atoms with van der Waals surface area (Å²) in [7, 11) is 0. The summed E-state index contributed by atoms with van der Waals surface area (Å²) in [5.41, 5.74) is 14.3. The van der Waals surface area contributed by atoms with Crippen molar-refractivity contribution < 1.29 is 0 Å². The molecule has 0 N–H and O–H groups in total. The van der Waals surface area contributed by atoms with Crippen molar-refractivity contribution in [1.82, 2.24) is 9.97 Å². The number of rotatable bonds is 9. The largest absolute Gasteiger partial charge is 0.311 e. The van der Waals surface area contributed by atoms with Crippen molar-refractivity contribution in [2.45, 2.75) is 0 Å². The maximum atomic E-state index is 5.15. The molecule has 0 aliphatic heterocycles. The molecule has 0 unspecified atom stereocenters. The predicted octanol–water partition coefficient (Wildman–Crippen LogP) is 13.6. The highest BCUT2D eigenvalue weighted by Crippen LogP contribution is 2.41. The Balaban J connectivity index is 1.15. The first kappa shape index (κ1) is 32.6. The van der Waals surface area contributed by atoms with Gasteiger partial charge in [0.1, 0.15) is 0 Å².